The van der Waals surface area contributed by atoms with Gasteiger partial charge in [0.25, 0.3) is 5.91 Å². The van der Waals surface area contributed by atoms with Crippen LogP contribution in [0.1, 0.15) is 29.2 Å². The number of carbonyl (C=O) groups is 2. The second-order valence-corrected chi connectivity index (χ2v) is 7.87. The van der Waals surface area contributed by atoms with Crippen LogP contribution < -0.4 is 15.7 Å². The first-order chi connectivity index (χ1) is 16.0. The molecular weight excluding hydrogens is 452 g/mol. The first kappa shape index (κ1) is 23.3. The van der Waals surface area contributed by atoms with Crippen LogP contribution in [0.15, 0.2) is 53.7 Å². The predicted molar refractivity (Wildman–Crippen MR) is 115 cm³/mol. The number of amides is 3. The summed E-state index contributed by atoms with van der Waals surface area (Å²) in [5, 5.41) is 31.7. The van der Waals surface area contributed by atoms with Crippen molar-refractivity contribution >= 4 is 30.2 Å². The summed E-state index contributed by atoms with van der Waals surface area (Å²) in [6, 6.07) is 8.49. The number of nitrogens with one attached hydrogen (secondary N) is 1. The van der Waals surface area contributed by atoms with Crippen molar-refractivity contribution in [3.8, 4) is 6.07 Å². The minimum absolute atomic E-state index is 0.0467. The maximum Gasteiger partial charge on any atom is 0.488 e. The molecule has 12 heteroatoms. The lowest BCUT2D eigenvalue weighted by atomic mass is 9.72. The van der Waals surface area contributed by atoms with E-state index in [1.807, 2.05) is 6.07 Å². The lowest BCUT2D eigenvalue weighted by Gasteiger charge is -2.44. The first-order valence-corrected chi connectivity index (χ1v) is 10.2. The molecular formula is C22H18BF3N4O4. The summed E-state index contributed by atoms with van der Waals surface area (Å²) in [5.41, 5.74) is -0.391. The third kappa shape index (κ3) is 3.89. The second kappa shape index (κ2) is 8.51. The third-order valence-electron chi connectivity index (χ3n) is 5.85. The number of rotatable bonds is 3. The fourth-order valence-corrected chi connectivity index (χ4v) is 4.32. The van der Waals surface area contributed by atoms with E-state index in [0.29, 0.717) is 0 Å². The Hall–Kier alpha value is -3.82. The number of anilines is 1. The van der Waals surface area contributed by atoms with E-state index in [4.69, 9.17) is 0 Å². The van der Waals surface area contributed by atoms with Crippen molar-refractivity contribution in [1.82, 2.24) is 10.2 Å². The minimum Gasteiger partial charge on any atom is -0.423 e. The van der Waals surface area contributed by atoms with Gasteiger partial charge in [0.1, 0.15) is 0 Å². The number of nitriles is 1. The molecule has 2 heterocycles. The van der Waals surface area contributed by atoms with Crippen LogP contribution in [-0.2, 0) is 11.0 Å². The highest BCUT2D eigenvalue weighted by molar-refractivity contribution is 6.59. The molecule has 2 aromatic rings. The van der Waals surface area contributed by atoms with Crippen LogP contribution in [0.3, 0.4) is 0 Å². The average molecular weight is 470 g/mol. The Labute approximate surface area is 192 Å². The molecule has 3 amide bonds. The lowest BCUT2D eigenvalue weighted by molar-refractivity contribution is -0.137. The van der Waals surface area contributed by atoms with Crippen molar-refractivity contribution in [3.63, 3.8) is 0 Å². The van der Waals surface area contributed by atoms with Gasteiger partial charge in [-0.25, -0.2) is 4.79 Å². The first-order valence-electron chi connectivity index (χ1n) is 10.2. The van der Waals surface area contributed by atoms with Crippen molar-refractivity contribution in [2.75, 3.05) is 18.5 Å². The van der Waals surface area contributed by atoms with Gasteiger partial charge in [-0.15, -0.1) is 0 Å². The molecule has 34 heavy (non-hydrogen) atoms. The van der Waals surface area contributed by atoms with E-state index in [2.05, 4.69) is 5.32 Å². The van der Waals surface area contributed by atoms with Gasteiger partial charge in [0.2, 0.25) is 0 Å². The van der Waals surface area contributed by atoms with Gasteiger partial charge >= 0.3 is 19.3 Å². The Bertz CT molecular complexity index is 1260. The van der Waals surface area contributed by atoms with Gasteiger partial charge in [-0.05, 0) is 41.4 Å². The highest BCUT2D eigenvalue weighted by atomic mass is 19.4. The maximum atomic E-state index is 13.5. The number of hydrogen-bond acceptors (Lipinski definition) is 5. The van der Waals surface area contributed by atoms with E-state index in [-0.39, 0.29) is 46.5 Å². The average Bonchev–Trinajstić information content (AvgIpc) is 2.80. The van der Waals surface area contributed by atoms with E-state index in [1.165, 1.54) is 37.4 Å². The normalized spacial score (nSPS) is 18.4. The van der Waals surface area contributed by atoms with E-state index in [9.17, 15) is 38.1 Å². The SMILES string of the molecule is CN1C(=O)N(c2cccc(C(F)(F)F)c2)C2=C(C(=O)NCC2)C1c1ccc(C#N)cc1B(O)O. The summed E-state index contributed by atoms with van der Waals surface area (Å²) in [5.74, 6) is -0.537. The molecule has 0 saturated carbocycles. The van der Waals surface area contributed by atoms with Crippen LogP contribution in [0.25, 0.3) is 0 Å². The van der Waals surface area contributed by atoms with Gasteiger partial charge in [-0.2, -0.15) is 18.4 Å². The molecule has 0 radical (unpaired) electrons. The molecule has 0 aromatic heterocycles. The summed E-state index contributed by atoms with van der Waals surface area (Å²) >= 11 is 0. The van der Waals surface area contributed by atoms with Gasteiger partial charge in [-0.3, -0.25) is 9.69 Å². The summed E-state index contributed by atoms with van der Waals surface area (Å²) in [6.45, 7) is 0.166. The standard InChI is InChI=1S/C22H18BF3N4O4/c1-29-19(15-6-5-12(11-27)9-16(15)23(33)34)18-17(7-8-28-20(18)31)30(21(29)32)14-4-2-3-13(10-14)22(24,25)26/h2-6,9-10,19,33-34H,7-8H2,1H3,(H,28,31). The fraction of sp³-hybridized carbons (Fsp3) is 0.227. The van der Waals surface area contributed by atoms with Crippen LogP contribution in [0, 0.1) is 11.3 Å². The molecule has 1 unspecified atom stereocenters. The molecule has 0 bridgehead atoms. The monoisotopic (exact) mass is 470 g/mol. The number of benzene rings is 2. The Morgan fingerprint density at radius 2 is 1.91 bits per heavy atom. The van der Waals surface area contributed by atoms with Crippen LogP contribution in [0.4, 0.5) is 23.7 Å². The van der Waals surface area contributed by atoms with Gasteiger partial charge in [0.15, 0.2) is 0 Å². The van der Waals surface area contributed by atoms with Crippen molar-refractivity contribution in [2.24, 2.45) is 0 Å². The fourth-order valence-electron chi connectivity index (χ4n) is 4.32. The lowest BCUT2D eigenvalue weighted by Crippen LogP contribution is -2.54. The molecule has 0 saturated heterocycles. The maximum absolute atomic E-state index is 13.5. The van der Waals surface area contributed by atoms with Gasteiger partial charge < -0.3 is 20.3 Å². The second-order valence-electron chi connectivity index (χ2n) is 7.87. The minimum atomic E-state index is -4.63. The molecule has 8 nitrogen and oxygen atoms in total. The van der Waals surface area contributed by atoms with Crippen LogP contribution in [-0.4, -0.2) is 47.6 Å². The third-order valence-corrected chi connectivity index (χ3v) is 5.85. The quantitative estimate of drug-likeness (QED) is 0.590. The zero-order chi connectivity index (χ0) is 24.8. The number of hydrogen-bond donors (Lipinski definition) is 3. The largest absolute Gasteiger partial charge is 0.488 e. The molecule has 2 aliphatic heterocycles. The number of alkyl halides is 3. The Kier molecular flexibility index (Phi) is 5.85. The number of nitrogens with zero attached hydrogens (tertiary/aromatic N) is 3. The Morgan fingerprint density at radius 3 is 2.56 bits per heavy atom. The number of likely N-dealkylation sites (N-methyl/N-ethyl adjacent to an activating group) is 1. The molecule has 2 aliphatic rings. The summed E-state index contributed by atoms with van der Waals surface area (Å²) in [7, 11) is -0.630. The smallest absolute Gasteiger partial charge is 0.423 e. The molecule has 0 spiro atoms. The molecule has 2 aromatic carbocycles. The van der Waals surface area contributed by atoms with Crippen molar-refractivity contribution < 1.29 is 32.8 Å². The molecule has 174 valence electrons. The molecule has 1 atom stereocenters. The molecule has 0 fully saturated rings. The van der Waals surface area contributed by atoms with E-state index in [1.54, 1.807) is 0 Å². The van der Waals surface area contributed by atoms with Gasteiger partial charge in [-0.1, -0.05) is 12.1 Å². The molecule has 3 N–H and O–H groups in total. The summed E-state index contributed by atoms with van der Waals surface area (Å²) in [4.78, 5) is 28.7. The van der Waals surface area contributed by atoms with Crippen LogP contribution in [0.2, 0.25) is 0 Å². The van der Waals surface area contributed by atoms with Crippen LogP contribution >= 0.6 is 0 Å². The number of halogens is 3. The molecule has 4 rings (SSSR count). The summed E-state index contributed by atoms with van der Waals surface area (Å²) in [6.07, 6.45) is -4.46. The van der Waals surface area contributed by atoms with E-state index < -0.39 is 36.8 Å². The van der Waals surface area contributed by atoms with Crippen LogP contribution in [0.5, 0.6) is 0 Å². The zero-order valence-corrected chi connectivity index (χ0v) is 17.8. The highest BCUT2D eigenvalue weighted by Gasteiger charge is 2.45. The van der Waals surface area contributed by atoms with Gasteiger partial charge in [0, 0.05) is 25.7 Å². The van der Waals surface area contributed by atoms with E-state index >= 15 is 0 Å². The zero-order valence-electron chi connectivity index (χ0n) is 17.8. The van der Waals surface area contributed by atoms with Crippen molar-refractivity contribution in [1.29, 1.82) is 5.26 Å². The topological polar surface area (TPSA) is 117 Å². The highest BCUT2D eigenvalue weighted by Crippen LogP contribution is 2.41. The number of urea groups is 1. The van der Waals surface area contributed by atoms with Crippen molar-refractivity contribution in [2.45, 2.75) is 18.6 Å². The van der Waals surface area contributed by atoms with Crippen molar-refractivity contribution in [3.05, 3.63) is 70.4 Å². The number of carbonyl (C=O) groups excluding carboxylic acids is 2. The van der Waals surface area contributed by atoms with E-state index in [0.717, 1.165) is 21.9 Å². The molecule has 0 aliphatic carbocycles. The van der Waals surface area contributed by atoms with Gasteiger partial charge in [0.05, 0.1) is 34.5 Å². The Balaban J connectivity index is 1.94. The predicted octanol–water partition coefficient (Wildman–Crippen LogP) is 1.64. The Morgan fingerprint density at radius 1 is 1.18 bits per heavy atom. The summed E-state index contributed by atoms with van der Waals surface area (Å²) < 4.78 is 39.9.